The van der Waals surface area contributed by atoms with Gasteiger partial charge in [-0.1, -0.05) is 13.3 Å². The maximum Gasteiger partial charge on any atom is 0.341 e. The Morgan fingerprint density at radius 1 is 1.18 bits per heavy atom. The number of hydrazone groups is 1. The number of carbonyl (C=O) groups is 3. The van der Waals surface area contributed by atoms with E-state index in [-0.39, 0.29) is 23.0 Å². The van der Waals surface area contributed by atoms with Gasteiger partial charge in [0.1, 0.15) is 5.00 Å². The van der Waals surface area contributed by atoms with Crippen molar-refractivity contribution in [1.29, 1.82) is 0 Å². The van der Waals surface area contributed by atoms with Crippen LogP contribution in [0.4, 0.5) is 9.80 Å². The van der Waals surface area contributed by atoms with E-state index in [1.807, 2.05) is 0 Å². The number of urea groups is 1. The van der Waals surface area contributed by atoms with Crippen LogP contribution in [0.1, 0.15) is 64.8 Å². The van der Waals surface area contributed by atoms with Crippen molar-refractivity contribution in [3.05, 3.63) is 39.8 Å². The molecule has 2 N–H and O–H groups in total. The first-order valence-corrected chi connectivity index (χ1v) is 11.4. The molecule has 0 aliphatic carbocycles. The van der Waals surface area contributed by atoms with Gasteiger partial charge in [0.15, 0.2) is 17.3 Å². The number of ketones is 1. The number of nitrogens with zero attached hydrogens (tertiary/aromatic N) is 1. The fourth-order valence-corrected chi connectivity index (χ4v) is 3.98. The van der Waals surface area contributed by atoms with Crippen LogP contribution in [0.2, 0.25) is 0 Å². The first-order chi connectivity index (χ1) is 15.8. The molecule has 33 heavy (non-hydrogen) atoms. The number of unbranched alkanes of at least 4 members (excludes halogenated alkanes) is 1. The molecular formula is C23H29N3O6S. The van der Waals surface area contributed by atoms with Gasteiger partial charge >= 0.3 is 12.0 Å². The minimum absolute atomic E-state index is 0.162. The lowest BCUT2D eigenvalue weighted by Crippen LogP contribution is -2.24. The van der Waals surface area contributed by atoms with Crippen LogP contribution in [0.5, 0.6) is 11.5 Å². The van der Waals surface area contributed by atoms with Gasteiger partial charge in [-0.25, -0.2) is 15.0 Å². The van der Waals surface area contributed by atoms with Crippen molar-refractivity contribution in [2.75, 3.05) is 25.6 Å². The summed E-state index contributed by atoms with van der Waals surface area (Å²) in [5.41, 5.74) is 3.67. The summed E-state index contributed by atoms with van der Waals surface area (Å²) < 4.78 is 16.1. The van der Waals surface area contributed by atoms with Gasteiger partial charge < -0.3 is 14.2 Å². The third-order valence-corrected chi connectivity index (χ3v) is 5.80. The summed E-state index contributed by atoms with van der Waals surface area (Å²) in [5.74, 6) is 0.385. The van der Waals surface area contributed by atoms with E-state index in [1.54, 1.807) is 39.2 Å². The third kappa shape index (κ3) is 7.04. The highest BCUT2D eigenvalue weighted by Gasteiger charge is 2.25. The standard InChI is InChI=1S/C23H29N3O6S/c1-6-8-11-32-17-10-9-16(12-18(17)30-5)13-24-26-23(29)25-21-19(22(28)31-7-2)14(3)20(33-21)15(4)27/h9-10,12-13H,6-8,11H2,1-5H3,(H2,25,26,29). The van der Waals surface area contributed by atoms with Crippen LogP contribution in [0.3, 0.4) is 0 Å². The Hall–Kier alpha value is -3.40. The molecule has 10 heteroatoms. The van der Waals surface area contributed by atoms with Gasteiger partial charge in [-0.2, -0.15) is 5.10 Å². The minimum Gasteiger partial charge on any atom is -0.493 e. The third-order valence-electron chi connectivity index (χ3n) is 4.50. The van der Waals surface area contributed by atoms with Crippen LogP contribution in [0.15, 0.2) is 23.3 Å². The number of anilines is 1. The number of carbonyl (C=O) groups excluding carboxylic acids is 3. The lowest BCUT2D eigenvalue weighted by atomic mass is 10.1. The fraction of sp³-hybridized carbons (Fsp3) is 0.391. The highest BCUT2D eigenvalue weighted by atomic mass is 32.1. The lowest BCUT2D eigenvalue weighted by Gasteiger charge is -2.10. The molecule has 0 aliphatic heterocycles. The molecule has 0 spiro atoms. The van der Waals surface area contributed by atoms with Crippen molar-refractivity contribution in [3.63, 3.8) is 0 Å². The van der Waals surface area contributed by atoms with Crippen LogP contribution < -0.4 is 20.2 Å². The largest absolute Gasteiger partial charge is 0.493 e. The van der Waals surface area contributed by atoms with Gasteiger partial charge in [0.25, 0.3) is 0 Å². The molecule has 0 radical (unpaired) electrons. The number of thiophene rings is 1. The van der Waals surface area contributed by atoms with E-state index >= 15 is 0 Å². The van der Waals surface area contributed by atoms with Gasteiger partial charge in [-0.05, 0) is 56.5 Å². The summed E-state index contributed by atoms with van der Waals surface area (Å²) >= 11 is 1.02. The van der Waals surface area contributed by atoms with Crippen LogP contribution in [0.25, 0.3) is 0 Å². The normalized spacial score (nSPS) is 10.7. The molecule has 0 saturated carbocycles. The smallest absolute Gasteiger partial charge is 0.341 e. The summed E-state index contributed by atoms with van der Waals surface area (Å²) in [7, 11) is 1.55. The number of benzene rings is 1. The number of rotatable bonds is 11. The van der Waals surface area contributed by atoms with Crippen LogP contribution in [-0.4, -0.2) is 44.3 Å². The molecule has 1 aromatic heterocycles. The van der Waals surface area contributed by atoms with E-state index in [2.05, 4.69) is 22.8 Å². The summed E-state index contributed by atoms with van der Waals surface area (Å²) in [6.45, 7) is 7.58. The Bertz CT molecular complexity index is 1030. The summed E-state index contributed by atoms with van der Waals surface area (Å²) in [4.78, 5) is 36.9. The van der Waals surface area contributed by atoms with Crippen molar-refractivity contribution in [3.8, 4) is 11.5 Å². The summed E-state index contributed by atoms with van der Waals surface area (Å²) in [5, 5.41) is 6.72. The lowest BCUT2D eigenvalue weighted by molar-refractivity contribution is 0.0527. The second kappa shape index (κ2) is 12.6. The van der Waals surface area contributed by atoms with E-state index in [0.29, 0.717) is 34.1 Å². The Morgan fingerprint density at radius 3 is 2.58 bits per heavy atom. The van der Waals surface area contributed by atoms with Gasteiger partial charge in [0, 0.05) is 0 Å². The fourth-order valence-electron chi connectivity index (χ4n) is 2.89. The van der Waals surface area contributed by atoms with Gasteiger partial charge in [-0.3, -0.25) is 10.1 Å². The average Bonchev–Trinajstić information content (AvgIpc) is 3.10. The molecule has 0 aliphatic rings. The first-order valence-electron chi connectivity index (χ1n) is 10.5. The van der Waals surface area contributed by atoms with Gasteiger partial charge in [0.05, 0.1) is 37.0 Å². The first kappa shape index (κ1) is 25.9. The minimum atomic E-state index is -0.667. The molecular weight excluding hydrogens is 446 g/mol. The SMILES string of the molecule is CCCCOc1ccc(C=NNC(=O)Nc2sc(C(C)=O)c(C)c2C(=O)OCC)cc1OC. The van der Waals surface area contributed by atoms with E-state index in [0.717, 1.165) is 24.2 Å². The second-order valence-corrected chi connectivity index (χ2v) is 7.99. The average molecular weight is 476 g/mol. The van der Waals surface area contributed by atoms with Crippen LogP contribution in [0, 0.1) is 6.92 Å². The predicted octanol–water partition coefficient (Wildman–Crippen LogP) is 4.78. The second-order valence-electron chi connectivity index (χ2n) is 6.97. The van der Waals surface area contributed by atoms with Crippen LogP contribution in [-0.2, 0) is 4.74 Å². The maximum absolute atomic E-state index is 12.3. The molecule has 0 fully saturated rings. The number of esters is 1. The van der Waals surface area contributed by atoms with Gasteiger partial charge in [0.2, 0.25) is 0 Å². The number of methoxy groups -OCH3 is 1. The van der Waals surface area contributed by atoms with Crippen LogP contribution >= 0.6 is 11.3 Å². The molecule has 0 atom stereocenters. The Kier molecular flexibility index (Phi) is 9.86. The number of hydrogen-bond donors (Lipinski definition) is 2. The summed E-state index contributed by atoms with van der Waals surface area (Å²) in [6.07, 6.45) is 3.43. The molecule has 2 rings (SSSR count). The highest BCUT2D eigenvalue weighted by Crippen LogP contribution is 2.34. The number of Topliss-reactive ketones (excluding diaryl/α,β-unsaturated/α-hetero) is 1. The zero-order chi connectivity index (χ0) is 24.4. The number of nitrogens with one attached hydrogen (secondary N) is 2. The molecule has 9 nitrogen and oxygen atoms in total. The molecule has 1 heterocycles. The Morgan fingerprint density at radius 2 is 1.94 bits per heavy atom. The topological polar surface area (TPSA) is 115 Å². The number of amides is 2. The molecule has 1 aromatic carbocycles. The van der Waals surface area contributed by atoms with E-state index in [1.165, 1.54) is 13.1 Å². The Labute approximate surface area is 197 Å². The number of hydrogen-bond acceptors (Lipinski definition) is 8. The van der Waals surface area contributed by atoms with Crippen molar-refractivity contribution < 1.29 is 28.6 Å². The molecule has 0 saturated heterocycles. The van der Waals surface area contributed by atoms with E-state index in [4.69, 9.17) is 14.2 Å². The Balaban J connectivity index is 2.09. The molecule has 178 valence electrons. The molecule has 0 unspecified atom stereocenters. The monoisotopic (exact) mass is 475 g/mol. The highest BCUT2D eigenvalue weighted by molar-refractivity contribution is 7.18. The van der Waals surface area contributed by atoms with Gasteiger partial charge in [-0.15, -0.1) is 11.3 Å². The van der Waals surface area contributed by atoms with E-state index < -0.39 is 12.0 Å². The van der Waals surface area contributed by atoms with Crippen molar-refractivity contribution >= 4 is 40.3 Å². The van der Waals surface area contributed by atoms with Crippen molar-refractivity contribution in [2.24, 2.45) is 5.10 Å². The predicted molar refractivity (Wildman–Crippen MR) is 128 cm³/mol. The quantitative estimate of drug-likeness (QED) is 0.159. The van der Waals surface area contributed by atoms with E-state index in [9.17, 15) is 14.4 Å². The number of ether oxygens (including phenoxy) is 3. The molecule has 0 bridgehead atoms. The van der Waals surface area contributed by atoms with Crippen molar-refractivity contribution in [2.45, 2.75) is 40.5 Å². The summed E-state index contributed by atoms with van der Waals surface area (Å²) in [6, 6.07) is 4.64. The zero-order valence-electron chi connectivity index (χ0n) is 19.4. The van der Waals surface area contributed by atoms with Crippen molar-refractivity contribution in [1.82, 2.24) is 5.43 Å². The molecule has 2 amide bonds. The zero-order valence-corrected chi connectivity index (χ0v) is 20.3. The molecule has 2 aromatic rings. The maximum atomic E-state index is 12.3.